The molecule has 1 aliphatic rings. The predicted octanol–water partition coefficient (Wildman–Crippen LogP) is 4.21. The summed E-state index contributed by atoms with van der Waals surface area (Å²) in [7, 11) is 1.78. The molecule has 0 saturated carbocycles. The van der Waals surface area contributed by atoms with Crippen molar-refractivity contribution in [3.63, 3.8) is 0 Å². The molecule has 1 atom stereocenters. The zero-order valence-corrected chi connectivity index (χ0v) is 18.6. The molecule has 0 aliphatic carbocycles. The number of guanidine groups is 1. The minimum absolute atomic E-state index is 0.0855. The minimum atomic E-state index is -0.208. The van der Waals surface area contributed by atoms with Crippen molar-refractivity contribution in [1.82, 2.24) is 10.6 Å². The van der Waals surface area contributed by atoms with E-state index in [9.17, 15) is 4.39 Å². The molecule has 6 heteroatoms. The van der Waals surface area contributed by atoms with Crippen LogP contribution in [0.4, 0.5) is 4.39 Å². The van der Waals surface area contributed by atoms with Crippen LogP contribution in [0.3, 0.4) is 0 Å². The fourth-order valence-corrected chi connectivity index (χ4v) is 3.97. The van der Waals surface area contributed by atoms with Gasteiger partial charge in [-0.2, -0.15) is 0 Å². The molecule has 1 saturated heterocycles. The lowest BCUT2D eigenvalue weighted by Gasteiger charge is -2.38. The van der Waals surface area contributed by atoms with E-state index in [1.54, 1.807) is 7.05 Å². The molecule has 2 N–H and O–H groups in total. The molecule has 1 fully saturated rings. The Morgan fingerprint density at radius 3 is 2.48 bits per heavy atom. The largest absolute Gasteiger partial charge is 0.381 e. The third kappa shape index (κ3) is 6.77. The molecule has 1 heterocycles. The lowest BCUT2D eigenvalue weighted by Crippen LogP contribution is -2.48. The van der Waals surface area contributed by atoms with E-state index in [0.29, 0.717) is 19.8 Å². The van der Waals surface area contributed by atoms with Gasteiger partial charge in [0.25, 0.3) is 0 Å². The molecule has 0 radical (unpaired) electrons. The zero-order chi connectivity index (χ0) is 21.9. The molecule has 0 bridgehead atoms. The summed E-state index contributed by atoms with van der Waals surface area (Å²) >= 11 is 0. The Bertz CT molecular complexity index is 805. The Morgan fingerprint density at radius 1 is 1.10 bits per heavy atom. The van der Waals surface area contributed by atoms with Gasteiger partial charge in [-0.15, -0.1) is 0 Å². The molecule has 31 heavy (non-hydrogen) atoms. The van der Waals surface area contributed by atoms with Gasteiger partial charge in [0, 0.05) is 45.4 Å². The summed E-state index contributed by atoms with van der Waals surface area (Å²) in [6.45, 7) is 5.67. The first-order chi connectivity index (χ1) is 15.1. The van der Waals surface area contributed by atoms with Gasteiger partial charge in [-0.25, -0.2) is 4.39 Å². The highest BCUT2D eigenvalue weighted by molar-refractivity contribution is 5.79. The Labute approximate surface area is 185 Å². The first kappa shape index (κ1) is 23.2. The maximum absolute atomic E-state index is 13.4. The normalized spacial score (nSPS) is 17.2. The quantitative estimate of drug-likeness (QED) is 0.358. The number of aliphatic imine (C=N–C) groups is 1. The van der Waals surface area contributed by atoms with Crippen molar-refractivity contribution in [3.8, 4) is 0 Å². The predicted molar refractivity (Wildman–Crippen MR) is 123 cm³/mol. The lowest BCUT2D eigenvalue weighted by molar-refractivity contribution is 0.0513. The zero-order valence-electron chi connectivity index (χ0n) is 18.6. The number of ether oxygens (including phenoxy) is 2. The van der Waals surface area contributed by atoms with E-state index in [0.717, 1.165) is 43.9 Å². The Morgan fingerprint density at radius 2 is 1.81 bits per heavy atom. The van der Waals surface area contributed by atoms with E-state index in [1.807, 2.05) is 30.3 Å². The van der Waals surface area contributed by atoms with Gasteiger partial charge in [0.2, 0.25) is 0 Å². The molecule has 2 aromatic carbocycles. The van der Waals surface area contributed by atoms with E-state index >= 15 is 0 Å². The number of halogens is 1. The van der Waals surface area contributed by atoms with Crippen molar-refractivity contribution in [1.29, 1.82) is 0 Å². The van der Waals surface area contributed by atoms with E-state index in [2.05, 4.69) is 34.7 Å². The topological polar surface area (TPSA) is 54.9 Å². The van der Waals surface area contributed by atoms with Gasteiger partial charge in [-0.05, 0) is 49.4 Å². The third-order valence-electron chi connectivity index (χ3n) is 5.97. The molecule has 2 aromatic rings. The second kappa shape index (κ2) is 11.8. The SMILES string of the molecule is CN=C(NCCCOC(C)c1ccccc1)NCC1(c2ccc(F)cc2)CCOCC1. The van der Waals surface area contributed by atoms with Gasteiger partial charge < -0.3 is 20.1 Å². The number of rotatable bonds is 9. The highest BCUT2D eigenvalue weighted by Crippen LogP contribution is 2.34. The summed E-state index contributed by atoms with van der Waals surface area (Å²) in [6.07, 6.45) is 2.76. The van der Waals surface area contributed by atoms with Crippen LogP contribution in [0, 0.1) is 5.82 Å². The van der Waals surface area contributed by atoms with Gasteiger partial charge >= 0.3 is 0 Å². The molecule has 5 nitrogen and oxygen atoms in total. The van der Waals surface area contributed by atoms with Crippen molar-refractivity contribution in [2.75, 3.05) is 40.0 Å². The average molecular weight is 428 g/mol. The van der Waals surface area contributed by atoms with Crippen molar-refractivity contribution >= 4 is 5.96 Å². The van der Waals surface area contributed by atoms with Crippen molar-refractivity contribution in [2.24, 2.45) is 4.99 Å². The Kier molecular flexibility index (Phi) is 8.85. The number of hydrogen-bond donors (Lipinski definition) is 2. The van der Waals surface area contributed by atoms with Crippen LogP contribution in [0.5, 0.6) is 0 Å². The van der Waals surface area contributed by atoms with Gasteiger partial charge in [-0.3, -0.25) is 4.99 Å². The second-order valence-electron chi connectivity index (χ2n) is 8.03. The summed E-state index contributed by atoms with van der Waals surface area (Å²) in [5.41, 5.74) is 2.25. The van der Waals surface area contributed by atoms with E-state index in [4.69, 9.17) is 9.47 Å². The summed E-state index contributed by atoms with van der Waals surface area (Å²) in [6, 6.07) is 17.1. The van der Waals surface area contributed by atoms with Crippen LogP contribution in [0.25, 0.3) is 0 Å². The molecular weight excluding hydrogens is 393 g/mol. The van der Waals surface area contributed by atoms with Crippen LogP contribution in [-0.2, 0) is 14.9 Å². The molecule has 0 aromatic heterocycles. The van der Waals surface area contributed by atoms with Crippen LogP contribution in [-0.4, -0.2) is 45.9 Å². The number of benzene rings is 2. The Hall–Kier alpha value is -2.44. The average Bonchev–Trinajstić information content (AvgIpc) is 2.82. The molecule has 3 rings (SSSR count). The minimum Gasteiger partial charge on any atom is -0.381 e. The van der Waals surface area contributed by atoms with Gasteiger partial charge in [0.15, 0.2) is 5.96 Å². The summed E-state index contributed by atoms with van der Waals surface area (Å²) in [5.74, 6) is 0.560. The maximum Gasteiger partial charge on any atom is 0.191 e. The van der Waals surface area contributed by atoms with Crippen LogP contribution in [0.2, 0.25) is 0 Å². The van der Waals surface area contributed by atoms with E-state index < -0.39 is 0 Å². The fraction of sp³-hybridized carbons (Fsp3) is 0.480. The fourth-order valence-electron chi connectivity index (χ4n) is 3.97. The number of nitrogens with one attached hydrogen (secondary N) is 2. The molecule has 1 aliphatic heterocycles. The van der Waals surface area contributed by atoms with Crippen molar-refractivity contribution in [3.05, 3.63) is 71.5 Å². The van der Waals surface area contributed by atoms with E-state index in [-0.39, 0.29) is 17.3 Å². The number of hydrogen-bond acceptors (Lipinski definition) is 3. The smallest absolute Gasteiger partial charge is 0.191 e. The standard InChI is InChI=1S/C25H34FN3O2/c1-20(21-7-4-3-5-8-21)31-16-6-15-28-24(27-2)29-19-25(13-17-30-18-14-25)22-9-11-23(26)12-10-22/h3-5,7-12,20H,6,13-19H2,1-2H3,(H2,27,28,29). The first-order valence-electron chi connectivity index (χ1n) is 11.1. The lowest BCUT2D eigenvalue weighted by atomic mass is 9.74. The first-order valence-corrected chi connectivity index (χ1v) is 11.1. The highest BCUT2D eigenvalue weighted by atomic mass is 19.1. The molecule has 0 spiro atoms. The van der Waals surface area contributed by atoms with Crippen LogP contribution < -0.4 is 10.6 Å². The van der Waals surface area contributed by atoms with Crippen LogP contribution >= 0.6 is 0 Å². The molecule has 168 valence electrons. The van der Waals surface area contributed by atoms with E-state index in [1.165, 1.54) is 17.7 Å². The van der Waals surface area contributed by atoms with Gasteiger partial charge in [0.05, 0.1) is 6.10 Å². The van der Waals surface area contributed by atoms with Gasteiger partial charge in [0.1, 0.15) is 5.82 Å². The molecule has 0 amide bonds. The monoisotopic (exact) mass is 427 g/mol. The Balaban J connectivity index is 1.45. The van der Waals surface area contributed by atoms with Crippen molar-refractivity contribution < 1.29 is 13.9 Å². The second-order valence-corrected chi connectivity index (χ2v) is 8.03. The molecular formula is C25H34FN3O2. The summed E-state index contributed by atoms with van der Waals surface area (Å²) in [5, 5.41) is 6.84. The third-order valence-corrected chi connectivity index (χ3v) is 5.97. The highest BCUT2D eigenvalue weighted by Gasteiger charge is 2.34. The van der Waals surface area contributed by atoms with Crippen LogP contribution in [0.15, 0.2) is 59.6 Å². The summed E-state index contributed by atoms with van der Waals surface area (Å²) in [4.78, 5) is 4.35. The number of nitrogens with zero attached hydrogens (tertiary/aromatic N) is 1. The molecule has 1 unspecified atom stereocenters. The van der Waals surface area contributed by atoms with Crippen LogP contribution in [0.1, 0.15) is 43.4 Å². The maximum atomic E-state index is 13.4. The summed E-state index contributed by atoms with van der Waals surface area (Å²) < 4.78 is 24.9. The van der Waals surface area contributed by atoms with Crippen molar-refractivity contribution in [2.45, 2.75) is 37.7 Å². The van der Waals surface area contributed by atoms with Gasteiger partial charge in [-0.1, -0.05) is 42.5 Å².